The van der Waals surface area contributed by atoms with Gasteiger partial charge < -0.3 is 4.74 Å². The lowest BCUT2D eigenvalue weighted by atomic mass is 10.3. The van der Waals surface area contributed by atoms with Crippen LogP contribution in [0, 0.1) is 0 Å². The summed E-state index contributed by atoms with van der Waals surface area (Å²) in [5, 5.41) is -0.0188. The zero-order valence-electron chi connectivity index (χ0n) is 11.7. The highest BCUT2D eigenvalue weighted by atomic mass is 35.5. The average Bonchev–Trinajstić information content (AvgIpc) is 2.54. The van der Waals surface area contributed by atoms with E-state index >= 15 is 0 Å². The van der Waals surface area contributed by atoms with Gasteiger partial charge in [0, 0.05) is 19.1 Å². The molecule has 7 heteroatoms. The first-order chi connectivity index (χ1) is 9.98. The topological polar surface area (TPSA) is 59.5 Å². The number of benzene rings is 1. The molecule has 0 N–H and O–H groups in total. The summed E-state index contributed by atoms with van der Waals surface area (Å²) in [6.45, 7) is 0. The van der Waals surface area contributed by atoms with Crippen molar-refractivity contribution >= 4 is 27.3 Å². The highest BCUT2D eigenvalue weighted by Gasteiger charge is 2.22. The molecular weight excluding hydrogens is 312 g/mol. The Morgan fingerprint density at radius 3 is 2.33 bits per heavy atom. The van der Waals surface area contributed by atoms with Gasteiger partial charge in [0.25, 0.3) is 10.0 Å². The van der Waals surface area contributed by atoms with Gasteiger partial charge >= 0.3 is 0 Å². The Kier molecular flexibility index (Phi) is 4.69. The molecule has 2 aromatic rings. The van der Waals surface area contributed by atoms with Crippen LogP contribution < -0.4 is 9.04 Å². The minimum atomic E-state index is -3.70. The lowest BCUT2D eigenvalue weighted by Gasteiger charge is -2.19. The van der Waals surface area contributed by atoms with E-state index in [4.69, 9.17) is 16.3 Å². The summed E-state index contributed by atoms with van der Waals surface area (Å²) in [5.41, 5.74) is 1.29. The fraction of sp³-hybridized carbons (Fsp3) is 0.214. The fourth-order valence-electron chi connectivity index (χ4n) is 1.71. The van der Waals surface area contributed by atoms with E-state index < -0.39 is 10.0 Å². The van der Waals surface area contributed by atoms with Gasteiger partial charge in [-0.05, 0) is 35.9 Å². The largest absolute Gasteiger partial charge is 0.497 e. The minimum Gasteiger partial charge on any atom is -0.497 e. The van der Waals surface area contributed by atoms with Crippen LogP contribution in [0.25, 0.3) is 0 Å². The Balaban J connectivity index is 2.32. The van der Waals surface area contributed by atoms with E-state index in [-0.39, 0.29) is 5.03 Å². The summed E-state index contributed by atoms with van der Waals surface area (Å²) in [6.07, 6.45) is 1.46. The summed E-state index contributed by atoms with van der Waals surface area (Å²) in [5.74, 6) is 0.955. The van der Waals surface area contributed by atoms with Crippen molar-refractivity contribution in [3.05, 3.63) is 48.2 Å². The number of anilines is 1. The fourth-order valence-corrected chi connectivity index (χ4v) is 2.98. The molecule has 112 valence electrons. The number of nitrogens with zero attached hydrogens (tertiary/aromatic N) is 2. The van der Waals surface area contributed by atoms with Crippen molar-refractivity contribution < 1.29 is 13.2 Å². The number of ether oxygens (including phenoxy) is 1. The Morgan fingerprint density at radius 2 is 1.86 bits per heavy atom. The van der Waals surface area contributed by atoms with Crippen LogP contribution >= 0.6 is 11.6 Å². The van der Waals surface area contributed by atoms with E-state index in [9.17, 15) is 8.42 Å². The van der Waals surface area contributed by atoms with Crippen molar-refractivity contribution in [1.82, 2.24) is 4.98 Å². The smallest absolute Gasteiger partial charge is 0.281 e. The number of rotatable bonds is 5. The van der Waals surface area contributed by atoms with Crippen molar-refractivity contribution in [3.8, 4) is 5.75 Å². The molecule has 0 fully saturated rings. The number of pyridine rings is 1. The molecule has 0 atom stereocenters. The van der Waals surface area contributed by atoms with Crippen LogP contribution in [0.1, 0.15) is 5.56 Å². The number of methoxy groups -OCH3 is 1. The van der Waals surface area contributed by atoms with Gasteiger partial charge in [-0.2, -0.15) is 8.42 Å². The number of hydrogen-bond acceptors (Lipinski definition) is 4. The predicted octanol–water partition coefficient (Wildman–Crippen LogP) is 2.65. The van der Waals surface area contributed by atoms with E-state index in [1.165, 1.54) is 23.6 Å². The van der Waals surface area contributed by atoms with Gasteiger partial charge in [-0.3, -0.25) is 4.31 Å². The summed E-state index contributed by atoms with van der Waals surface area (Å²) in [4.78, 5) is 3.96. The Hall–Kier alpha value is -1.79. The van der Waals surface area contributed by atoms with Crippen LogP contribution in [-0.4, -0.2) is 27.6 Å². The van der Waals surface area contributed by atoms with Gasteiger partial charge in [-0.25, -0.2) is 4.98 Å². The maximum atomic E-state index is 12.5. The molecule has 0 spiro atoms. The zero-order valence-corrected chi connectivity index (χ0v) is 13.2. The summed E-state index contributed by atoms with van der Waals surface area (Å²) < 4.78 is 31.2. The third-order valence-electron chi connectivity index (χ3n) is 3.01. The molecule has 0 saturated heterocycles. The summed E-state index contributed by atoms with van der Waals surface area (Å²) >= 11 is 5.67. The molecule has 0 saturated carbocycles. The Bertz CT molecular complexity index is 700. The summed E-state index contributed by atoms with van der Waals surface area (Å²) in [7, 11) is -0.664. The number of hydrogen-bond donors (Lipinski definition) is 0. The molecule has 2 rings (SSSR count). The first kappa shape index (κ1) is 15.6. The minimum absolute atomic E-state index is 0.0188. The molecule has 1 heterocycles. The van der Waals surface area contributed by atoms with Crippen LogP contribution in [0.2, 0.25) is 0 Å². The first-order valence-electron chi connectivity index (χ1n) is 6.13. The van der Waals surface area contributed by atoms with E-state index in [1.807, 2.05) is 0 Å². The maximum absolute atomic E-state index is 12.5. The second-order valence-corrected chi connectivity index (χ2v) is 6.49. The number of sulfonamides is 1. The Morgan fingerprint density at radius 1 is 1.19 bits per heavy atom. The molecule has 0 aliphatic carbocycles. The lowest BCUT2D eigenvalue weighted by Crippen LogP contribution is -2.27. The summed E-state index contributed by atoms with van der Waals surface area (Å²) in [6, 6.07) is 9.84. The molecule has 0 aliphatic rings. The third kappa shape index (κ3) is 3.28. The van der Waals surface area contributed by atoms with Crippen molar-refractivity contribution in [2.75, 3.05) is 18.5 Å². The molecule has 1 aromatic heterocycles. The molecule has 0 unspecified atom stereocenters. The molecular formula is C14H15ClN2O3S. The first-order valence-corrected chi connectivity index (χ1v) is 8.10. The van der Waals surface area contributed by atoms with Gasteiger partial charge in [0.1, 0.15) is 5.75 Å². The average molecular weight is 327 g/mol. The molecule has 0 aliphatic heterocycles. The van der Waals surface area contributed by atoms with E-state index in [0.29, 0.717) is 17.3 Å². The second-order valence-electron chi connectivity index (χ2n) is 4.31. The van der Waals surface area contributed by atoms with E-state index in [0.717, 1.165) is 5.56 Å². The van der Waals surface area contributed by atoms with Crippen molar-refractivity contribution in [1.29, 1.82) is 0 Å². The highest BCUT2D eigenvalue weighted by Crippen LogP contribution is 2.23. The van der Waals surface area contributed by atoms with Crippen LogP contribution in [0.3, 0.4) is 0 Å². The predicted molar refractivity (Wildman–Crippen MR) is 82.4 cm³/mol. The molecule has 0 radical (unpaired) electrons. The van der Waals surface area contributed by atoms with Crippen LogP contribution in [0.15, 0.2) is 47.6 Å². The number of halogens is 1. The van der Waals surface area contributed by atoms with Gasteiger partial charge in [0.05, 0.1) is 12.8 Å². The monoisotopic (exact) mass is 326 g/mol. The number of aromatic nitrogens is 1. The SMILES string of the molecule is COc1ccc(N(C)S(=O)(=O)c2ccc(CCl)cn2)cc1. The molecule has 21 heavy (non-hydrogen) atoms. The lowest BCUT2D eigenvalue weighted by molar-refractivity contribution is 0.415. The standard InChI is InChI=1S/C14H15ClN2O3S/c1-17(12-4-6-13(20-2)7-5-12)21(18,19)14-8-3-11(9-15)10-16-14/h3-8,10H,9H2,1-2H3. The molecule has 1 aromatic carbocycles. The van der Waals surface area contributed by atoms with Crippen LogP contribution in [-0.2, 0) is 15.9 Å². The van der Waals surface area contributed by atoms with Crippen molar-refractivity contribution in [2.45, 2.75) is 10.9 Å². The zero-order chi connectivity index (χ0) is 15.5. The van der Waals surface area contributed by atoms with Crippen LogP contribution in [0.5, 0.6) is 5.75 Å². The number of alkyl halides is 1. The maximum Gasteiger partial charge on any atom is 0.281 e. The normalized spacial score (nSPS) is 11.2. The van der Waals surface area contributed by atoms with Gasteiger partial charge in [0.2, 0.25) is 0 Å². The van der Waals surface area contributed by atoms with E-state index in [2.05, 4.69) is 4.98 Å². The quantitative estimate of drug-likeness (QED) is 0.793. The van der Waals surface area contributed by atoms with Crippen LogP contribution in [0.4, 0.5) is 5.69 Å². The second kappa shape index (κ2) is 6.32. The van der Waals surface area contributed by atoms with Crippen molar-refractivity contribution in [2.24, 2.45) is 0 Å². The molecule has 5 nitrogen and oxygen atoms in total. The van der Waals surface area contributed by atoms with Gasteiger partial charge in [-0.15, -0.1) is 11.6 Å². The van der Waals surface area contributed by atoms with E-state index in [1.54, 1.807) is 37.4 Å². The Labute approximate surface area is 129 Å². The highest BCUT2D eigenvalue weighted by molar-refractivity contribution is 7.92. The van der Waals surface area contributed by atoms with Gasteiger partial charge in [0.15, 0.2) is 5.03 Å². The molecule has 0 amide bonds. The molecule has 0 bridgehead atoms. The third-order valence-corrected chi connectivity index (χ3v) is 5.02. The van der Waals surface area contributed by atoms with Gasteiger partial charge in [-0.1, -0.05) is 6.07 Å². The van der Waals surface area contributed by atoms with Crippen molar-refractivity contribution in [3.63, 3.8) is 0 Å².